The van der Waals surface area contributed by atoms with Crippen molar-refractivity contribution in [2.24, 2.45) is 5.92 Å². The fourth-order valence-electron chi connectivity index (χ4n) is 4.08. The van der Waals surface area contributed by atoms with Crippen LogP contribution in [0, 0.1) is 5.92 Å². The minimum Gasteiger partial charge on any atom is -0.508 e. The Morgan fingerprint density at radius 2 is 1.92 bits per heavy atom. The highest BCUT2D eigenvalue weighted by atomic mass is 16.3. The number of phenols is 1. The average molecular weight is 331 g/mol. The van der Waals surface area contributed by atoms with Crippen LogP contribution in [0.3, 0.4) is 0 Å². The highest BCUT2D eigenvalue weighted by Crippen LogP contribution is 2.40. The van der Waals surface area contributed by atoms with Gasteiger partial charge in [-0.2, -0.15) is 0 Å². The van der Waals surface area contributed by atoms with Crippen molar-refractivity contribution in [3.05, 3.63) is 29.3 Å². The second kappa shape index (κ2) is 8.18. The summed E-state index contributed by atoms with van der Waals surface area (Å²) in [6.07, 6.45) is 8.49. The largest absolute Gasteiger partial charge is 0.508 e. The van der Waals surface area contributed by atoms with Gasteiger partial charge < -0.3 is 5.11 Å². The Labute approximate surface area is 147 Å². The molecular weight excluding hydrogens is 296 g/mol. The molecule has 2 rings (SSSR count). The van der Waals surface area contributed by atoms with Crippen molar-refractivity contribution in [2.45, 2.75) is 90.4 Å². The Morgan fingerprint density at radius 3 is 2.54 bits per heavy atom. The highest BCUT2D eigenvalue weighted by Gasteiger charge is 2.28. The lowest BCUT2D eigenvalue weighted by Crippen LogP contribution is -2.20. The van der Waals surface area contributed by atoms with Crippen LogP contribution in [-0.2, 0) is 10.2 Å². The Balaban J connectivity index is 2.09. The van der Waals surface area contributed by atoms with E-state index in [1.807, 2.05) is 6.07 Å². The van der Waals surface area contributed by atoms with Crippen molar-refractivity contribution >= 4 is 5.78 Å². The lowest BCUT2D eigenvalue weighted by Gasteiger charge is -2.29. The molecule has 0 radical (unpaired) electrons. The molecule has 1 aliphatic rings. The van der Waals surface area contributed by atoms with Gasteiger partial charge in [-0.3, -0.25) is 4.79 Å². The lowest BCUT2D eigenvalue weighted by molar-refractivity contribution is -0.121. The Hall–Kier alpha value is -1.31. The van der Waals surface area contributed by atoms with Crippen molar-refractivity contribution in [1.29, 1.82) is 0 Å². The topological polar surface area (TPSA) is 37.3 Å². The summed E-state index contributed by atoms with van der Waals surface area (Å²) < 4.78 is 0. The first-order chi connectivity index (χ1) is 11.3. The van der Waals surface area contributed by atoms with Gasteiger partial charge in [0.25, 0.3) is 0 Å². The zero-order valence-electron chi connectivity index (χ0n) is 15.9. The van der Waals surface area contributed by atoms with E-state index in [1.54, 1.807) is 0 Å². The van der Waals surface area contributed by atoms with Crippen LogP contribution in [0.2, 0.25) is 0 Å². The zero-order chi connectivity index (χ0) is 17.7. The van der Waals surface area contributed by atoms with E-state index >= 15 is 0 Å². The van der Waals surface area contributed by atoms with Gasteiger partial charge in [-0.25, -0.2) is 0 Å². The van der Waals surface area contributed by atoms with Gasteiger partial charge in [0.15, 0.2) is 0 Å². The van der Waals surface area contributed by atoms with Crippen LogP contribution in [0.1, 0.15) is 96.1 Å². The molecule has 24 heavy (non-hydrogen) atoms. The van der Waals surface area contributed by atoms with Crippen molar-refractivity contribution in [3.8, 4) is 5.75 Å². The SMILES string of the molecule is CCCCCCC(C)(C)c1ccc(C2CC(=O)CC(C)C2)c(O)c1. The van der Waals surface area contributed by atoms with Gasteiger partial charge in [-0.1, -0.05) is 65.5 Å². The van der Waals surface area contributed by atoms with Crippen LogP contribution >= 0.6 is 0 Å². The van der Waals surface area contributed by atoms with E-state index in [9.17, 15) is 9.90 Å². The molecule has 0 aliphatic heterocycles. The first kappa shape index (κ1) is 19.0. The molecule has 2 heteroatoms. The molecule has 0 heterocycles. The molecule has 0 spiro atoms. The quantitative estimate of drug-likeness (QED) is 0.612. The van der Waals surface area contributed by atoms with Gasteiger partial charge >= 0.3 is 0 Å². The molecule has 1 fully saturated rings. The van der Waals surface area contributed by atoms with E-state index in [2.05, 4.69) is 39.8 Å². The second-order valence-corrected chi connectivity index (χ2v) is 8.45. The summed E-state index contributed by atoms with van der Waals surface area (Å²) in [6, 6.07) is 6.17. The van der Waals surface area contributed by atoms with Crippen molar-refractivity contribution in [3.63, 3.8) is 0 Å². The zero-order valence-corrected chi connectivity index (χ0v) is 15.9. The standard InChI is InChI=1S/C22H34O2/c1-5-6-7-8-11-22(3,4)18-9-10-20(21(24)15-18)17-12-16(2)13-19(23)14-17/h9-10,15-17,24H,5-8,11-14H2,1-4H3. The normalized spacial score (nSPS) is 21.9. The molecule has 1 saturated carbocycles. The maximum Gasteiger partial charge on any atom is 0.133 e. The van der Waals surface area contributed by atoms with Crippen molar-refractivity contribution < 1.29 is 9.90 Å². The van der Waals surface area contributed by atoms with Gasteiger partial charge in [-0.05, 0) is 47.3 Å². The summed E-state index contributed by atoms with van der Waals surface area (Å²) in [5.41, 5.74) is 2.25. The first-order valence-electron chi connectivity index (χ1n) is 9.68. The van der Waals surface area contributed by atoms with Crippen LogP contribution in [-0.4, -0.2) is 10.9 Å². The van der Waals surface area contributed by atoms with Crippen LogP contribution in [0.5, 0.6) is 5.75 Å². The number of ketones is 1. The van der Waals surface area contributed by atoms with Crippen molar-refractivity contribution in [1.82, 2.24) is 0 Å². The average Bonchev–Trinajstić information content (AvgIpc) is 2.50. The highest BCUT2D eigenvalue weighted by molar-refractivity contribution is 5.80. The summed E-state index contributed by atoms with van der Waals surface area (Å²) in [5.74, 6) is 1.31. The van der Waals surface area contributed by atoms with E-state index in [0.29, 0.717) is 30.3 Å². The Bertz CT molecular complexity index is 559. The molecule has 2 nitrogen and oxygen atoms in total. The molecule has 2 atom stereocenters. The number of hydrogen-bond donors (Lipinski definition) is 1. The first-order valence-corrected chi connectivity index (χ1v) is 9.68. The van der Waals surface area contributed by atoms with E-state index in [0.717, 1.165) is 18.4 Å². The van der Waals surface area contributed by atoms with Gasteiger partial charge in [0.1, 0.15) is 11.5 Å². The molecular formula is C22H34O2. The third-order valence-corrected chi connectivity index (χ3v) is 5.64. The molecule has 1 aliphatic carbocycles. The van der Waals surface area contributed by atoms with Gasteiger partial charge in [0.2, 0.25) is 0 Å². The number of aromatic hydroxyl groups is 1. The Kier molecular flexibility index (Phi) is 6.48. The van der Waals surface area contributed by atoms with Crippen LogP contribution in [0.4, 0.5) is 0 Å². The number of unbranched alkanes of at least 4 members (excludes halogenated alkanes) is 3. The maximum atomic E-state index is 11.9. The van der Waals surface area contributed by atoms with Crippen LogP contribution in [0.25, 0.3) is 0 Å². The van der Waals surface area contributed by atoms with E-state index in [1.165, 1.54) is 31.2 Å². The van der Waals surface area contributed by atoms with E-state index in [4.69, 9.17) is 0 Å². The minimum absolute atomic E-state index is 0.0828. The van der Waals surface area contributed by atoms with Crippen LogP contribution in [0.15, 0.2) is 18.2 Å². The third kappa shape index (κ3) is 4.84. The molecule has 1 aromatic carbocycles. The predicted octanol–water partition coefficient (Wildman–Crippen LogP) is 6.11. The summed E-state index contributed by atoms with van der Waals surface area (Å²) >= 11 is 0. The third-order valence-electron chi connectivity index (χ3n) is 5.64. The molecule has 2 unspecified atom stereocenters. The predicted molar refractivity (Wildman–Crippen MR) is 101 cm³/mol. The number of phenolic OH excluding ortho intramolecular Hbond substituents is 1. The molecule has 0 saturated heterocycles. The summed E-state index contributed by atoms with van der Waals surface area (Å²) in [6.45, 7) is 8.90. The summed E-state index contributed by atoms with van der Waals surface area (Å²) in [5, 5.41) is 10.6. The fraction of sp³-hybridized carbons (Fsp3) is 0.682. The monoisotopic (exact) mass is 330 g/mol. The molecule has 0 bridgehead atoms. The number of Topliss-reactive ketones (excluding diaryl/α,β-unsaturated/α-hetero) is 1. The molecule has 0 aromatic heterocycles. The molecule has 134 valence electrons. The van der Waals surface area contributed by atoms with Crippen molar-refractivity contribution in [2.75, 3.05) is 0 Å². The Morgan fingerprint density at radius 1 is 1.17 bits per heavy atom. The summed E-state index contributed by atoms with van der Waals surface area (Å²) in [7, 11) is 0. The van der Waals surface area contributed by atoms with E-state index in [-0.39, 0.29) is 11.3 Å². The lowest BCUT2D eigenvalue weighted by atomic mass is 9.75. The van der Waals surface area contributed by atoms with Gasteiger partial charge in [-0.15, -0.1) is 0 Å². The number of benzene rings is 1. The number of carbonyl (C=O) groups excluding carboxylic acids is 1. The molecule has 0 amide bonds. The minimum atomic E-state index is 0.0828. The van der Waals surface area contributed by atoms with Crippen LogP contribution < -0.4 is 0 Å². The second-order valence-electron chi connectivity index (χ2n) is 8.45. The van der Waals surface area contributed by atoms with Gasteiger partial charge in [0, 0.05) is 12.8 Å². The number of carbonyl (C=O) groups is 1. The van der Waals surface area contributed by atoms with E-state index < -0.39 is 0 Å². The molecule has 1 aromatic rings. The number of hydrogen-bond acceptors (Lipinski definition) is 2. The molecule has 1 N–H and O–H groups in total. The number of rotatable bonds is 7. The summed E-state index contributed by atoms with van der Waals surface area (Å²) in [4.78, 5) is 11.9. The smallest absolute Gasteiger partial charge is 0.133 e. The maximum absolute atomic E-state index is 11.9. The fourth-order valence-corrected chi connectivity index (χ4v) is 4.08. The van der Waals surface area contributed by atoms with Gasteiger partial charge in [0.05, 0.1) is 0 Å².